The van der Waals surface area contributed by atoms with E-state index in [9.17, 15) is 41.9 Å². The van der Waals surface area contributed by atoms with Crippen molar-refractivity contribution >= 4 is 41.3 Å². The Labute approximate surface area is 408 Å². The van der Waals surface area contributed by atoms with Gasteiger partial charge in [-0.25, -0.2) is 4.79 Å². The van der Waals surface area contributed by atoms with Crippen molar-refractivity contribution in [3.63, 3.8) is 0 Å². The number of hydrogen-bond acceptors (Lipinski definition) is 12. The number of hydrogen-bond donors (Lipinski definition) is 4. The maximum atomic E-state index is 14.2. The number of ketones is 2. The van der Waals surface area contributed by atoms with E-state index in [4.69, 9.17) is 29.2 Å². The van der Waals surface area contributed by atoms with Crippen molar-refractivity contribution in [2.24, 2.45) is 40.4 Å². The van der Waals surface area contributed by atoms with Crippen molar-refractivity contribution in [3.05, 3.63) is 35.9 Å². The van der Waals surface area contributed by atoms with E-state index in [1.54, 1.807) is 52.0 Å². The number of ether oxygens (including phenoxy) is 3. The van der Waals surface area contributed by atoms with Gasteiger partial charge in [-0.1, -0.05) is 85.2 Å². The highest BCUT2D eigenvalue weighted by Gasteiger charge is 2.44. The lowest BCUT2D eigenvalue weighted by atomic mass is 9.79. The summed E-state index contributed by atoms with van der Waals surface area (Å²) in [6.07, 6.45) is -3.51. The normalized spacial score (nSPS) is 17.1. The molecule has 0 bridgehead atoms. The Bertz CT molecular complexity index is 1780. The number of carboxylic acid groups (broad SMARTS) is 2. The van der Waals surface area contributed by atoms with Crippen LogP contribution in [0.15, 0.2) is 30.3 Å². The van der Waals surface area contributed by atoms with Crippen LogP contribution in [0, 0.1) is 40.4 Å². The van der Waals surface area contributed by atoms with Crippen LogP contribution in [0.4, 0.5) is 13.2 Å². The van der Waals surface area contributed by atoms with Crippen molar-refractivity contribution < 1.29 is 71.2 Å². The van der Waals surface area contributed by atoms with E-state index in [0.717, 1.165) is 18.4 Å². The molecule has 0 radical (unpaired) electrons. The molecule has 4 N–H and O–H groups in total. The van der Waals surface area contributed by atoms with Crippen molar-refractivity contribution in [2.45, 2.75) is 138 Å². The molecule has 1 aliphatic heterocycles. The second kappa shape index (κ2) is 30.3. The number of methoxy groups -OCH3 is 3. The Morgan fingerprint density at radius 3 is 1.78 bits per heavy atom. The average molecular weight is 989 g/mol. The van der Waals surface area contributed by atoms with Gasteiger partial charge in [-0.3, -0.25) is 28.8 Å². The van der Waals surface area contributed by atoms with Crippen molar-refractivity contribution in [1.29, 1.82) is 0 Å². The molecule has 2 rings (SSSR count). The smallest absolute Gasteiger partial charge is 0.481 e. The molecule has 69 heavy (non-hydrogen) atoms. The highest BCUT2D eigenvalue weighted by molar-refractivity contribution is 5.90. The van der Waals surface area contributed by atoms with Crippen LogP contribution in [0.25, 0.3) is 0 Å². The first-order valence-corrected chi connectivity index (χ1v) is 23.6. The summed E-state index contributed by atoms with van der Waals surface area (Å²) in [6.45, 7) is 18.6. The zero-order valence-corrected chi connectivity index (χ0v) is 43.7. The number of halogens is 3. The predicted molar refractivity (Wildman–Crippen MR) is 256 cm³/mol. The number of nitrogens with one attached hydrogen (secondary N) is 2. The third-order valence-electron chi connectivity index (χ3n) is 13.0. The Kier molecular flexibility index (Phi) is 28.4. The molecule has 1 aromatic carbocycles. The number of Topliss-reactive ketones (excluding diaryl/α,β-unsaturated/α-hetero) is 2. The molecule has 19 heteroatoms. The number of carbonyl (C=O) groups is 7. The third-order valence-corrected chi connectivity index (χ3v) is 13.0. The Balaban J connectivity index is 0.00000245. The van der Waals surface area contributed by atoms with E-state index in [2.05, 4.69) is 24.5 Å². The SMILES string of the molecule is CC[C@H](C)[C@@H]([C@@H](CC(=O)N1CCC[C@H]1[C@H](OC)[C@@H](C)C(=O)C[C@@H](Cc1ccccc1)C(=O)OC)OC)N(C)C(=O)[C@@H](CC(=O)C(C)(C)CNC)C(C)C.CNCC(C)(C)C(=O)O.O=C(O)C(F)(F)F. The van der Waals surface area contributed by atoms with E-state index >= 15 is 0 Å². The van der Waals surface area contributed by atoms with Gasteiger partial charge in [-0.15, -0.1) is 0 Å². The fraction of sp³-hybridized carbons (Fsp3) is 0.740. The number of likely N-dealkylation sites (N-methyl/N-ethyl adjacent to an activating group) is 1. The van der Waals surface area contributed by atoms with Crippen LogP contribution in [-0.2, 0) is 54.2 Å². The van der Waals surface area contributed by atoms with Crippen LogP contribution in [0.1, 0.15) is 106 Å². The number of amides is 2. The number of esters is 1. The Morgan fingerprint density at radius 1 is 0.826 bits per heavy atom. The van der Waals surface area contributed by atoms with Gasteiger partial charge in [0.05, 0.1) is 49.2 Å². The second-order valence-corrected chi connectivity index (χ2v) is 19.6. The van der Waals surface area contributed by atoms with Crippen LogP contribution >= 0.6 is 0 Å². The van der Waals surface area contributed by atoms with Gasteiger partial charge < -0.3 is 44.9 Å². The van der Waals surface area contributed by atoms with E-state index in [1.165, 1.54) is 7.11 Å². The molecule has 0 spiro atoms. The van der Waals surface area contributed by atoms with Gasteiger partial charge in [0.15, 0.2) is 0 Å². The number of nitrogens with zero attached hydrogens (tertiary/aromatic N) is 2. The van der Waals surface area contributed by atoms with Crippen LogP contribution in [0.5, 0.6) is 0 Å². The topological polar surface area (TPSA) is 218 Å². The minimum atomic E-state index is -5.08. The fourth-order valence-electron chi connectivity index (χ4n) is 8.48. The number of benzene rings is 1. The summed E-state index contributed by atoms with van der Waals surface area (Å²) < 4.78 is 48.8. The molecule has 16 nitrogen and oxygen atoms in total. The van der Waals surface area contributed by atoms with E-state index in [0.29, 0.717) is 32.5 Å². The lowest BCUT2D eigenvalue weighted by Gasteiger charge is -2.41. The number of likely N-dealkylation sites (tertiary alicyclic amines) is 1. The number of carboxylic acids is 2. The van der Waals surface area contributed by atoms with Crippen LogP contribution in [0.2, 0.25) is 0 Å². The molecule has 1 heterocycles. The van der Waals surface area contributed by atoms with Gasteiger partial charge in [0.1, 0.15) is 11.6 Å². The highest BCUT2D eigenvalue weighted by Crippen LogP contribution is 2.32. The van der Waals surface area contributed by atoms with Crippen LogP contribution in [-0.4, -0.2) is 154 Å². The molecule has 8 atom stereocenters. The quantitative estimate of drug-likeness (QED) is 0.0747. The lowest BCUT2D eigenvalue weighted by molar-refractivity contribution is -0.192. The van der Waals surface area contributed by atoms with Gasteiger partial charge in [0, 0.05) is 71.0 Å². The Hall–Kier alpha value is -4.46. The number of alkyl halides is 3. The maximum absolute atomic E-state index is 14.2. The van der Waals surface area contributed by atoms with Gasteiger partial charge >= 0.3 is 24.1 Å². The minimum Gasteiger partial charge on any atom is -0.481 e. The molecule has 0 saturated carbocycles. The summed E-state index contributed by atoms with van der Waals surface area (Å²) in [6, 6.07) is 8.79. The molecule has 1 saturated heterocycles. The van der Waals surface area contributed by atoms with Gasteiger partial charge in [-0.05, 0) is 64.6 Å². The average Bonchev–Trinajstić information content (AvgIpc) is 3.77. The number of aliphatic carboxylic acids is 2. The number of carbonyl (C=O) groups excluding carboxylic acids is 5. The summed E-state index contributed by atoms with van der Waals surface area (Å²) >= 11 is 0. The van der Waals surface area contributed by atoms with Gasteiger partial charge in [-0.2, -0.15) is 13.2 Å². The zero-order valence-electron chi connectivity index (χ0n) is 43.7. The first-order chi connectivity index (χ1) is 31.9. The van der Waals surface area contributed by atoms with E-state index in [1.807, 2.05) is 72.0 Å². The lowest BCUT2D eigenvalue weighted by Crippen LogP contribution is -2.54. The molecule has 0 unspecified atom stereocenters. The van der Waals surface area contributed by atoms with E-state index in [-0.39, 0.29) is 60.5 Å². The van der Waals surface area contributed by atoms with Crippen LogP contribution in [0.3, 0.4) is 0 Å². The summed E-state index contributed by atoms with van der Waals surface area (Å²) in [7, 11) is 9.78. The third kappa shape index (κ3) is 20.8. The molecular formula is C50H83F3N4O12. The summed E-state index contributed by atoms with van der Waals surface area (Å²) in [4.78, 5) is 91.1. The maximum Gasteiger partial charge on any atom is 0.490 e. The summed E-state index contributed by atoms with van der Waals surface area (Å²) in [5.74, 6) is -6.10. The molecule has 0 aromatic heterocycles. The molecule has 396 valence electrons. The van der Waals surface area contributed by atoms with Crippen molar-refractivity contribution in [3.8, 4) is 0 Å². The van der Waals surface area contributed by atoms with Gasteiger partial charge in [0.25, 0.3) is 0 Å². The van der Waals surface area contributed by atoms with Crippen molar-refractivity contribution in [2.75, 3.05) is 62.1 Å². The molecule has 1 fully saturated rings. The largest absolute Gasteiger partial charge is 0.490 e. The standard InChI is InChI=1S/C42H69N3O8.C6H13NO2.C2HF3O2/c1-13-28(4)38(44(9)40(49)32(27(2)3)24-36(47)42(6,7)26-43-8)35(51-10)25-37(48)45-21-17-20-33(45)39(52-11)29(5)34(46)23-31(41(50)53-12)22-30-18-15-14-16-19-30;1-6(2,4-7-3)5(8)9;3-2(4,5)1(6)7/h14-16,18-19,27-29,31-33,35,38-39,43H,13,17,20-26H2,1-12H3;7H,4H2,1-3H3,(H,8,9);(H,6,7)/t28-,29-,31+,32-,33-,35+,38-,39+;;/m0../s1. The molecule has 1 aromatic rings. The minimum absolute atomic E-state index is 0.00190. The highest BCUT2D eigenvalue weighted by atomic mass is 19.4. The number of rotatable bonds is 26. The fourth-order valence-corrected chi connectivity index (χ4v) is 8.48. The Morgan fingerprint density at radius 2 is 1.36 bits per heavy atom. The van der Waals surface area contributed by atoms with Crippen LogP contribution < -0.4 is 10.6 Å². The van der Waals surface area contributed by atoms with Crippen molar-refractivity contribution in [1.82, 2.24) is 20.4 Å². The molecule has 1 aliphatic rings. The first kappa shape index (κ1) is 64.5. The first-order valence-electron chi connectivity index (χ1n) is 23.6. The summed E-state index contributed by atoms with van der Waals surface area (Å²) in [5, 5.41) is 21.6. The monoisotopic (exact) mass is 989 g/mol. The van der Waals surface area contributed by atoms with E-state index < -0.39 is 70.9 Å². The summed E-state index contributed by atoms with van der Waals surface area (Å²) in [5.41, 5.74) is -0.316. The molecule has 2 amide bonds. The molecule has 0 aliphatic carbocycles. The van der Waals surface area contributed by atoms with Gasteiger partial charge in [0.2, 0.25) is 11.8 Å². The predicted octanol–water partition coefficient (Wildman–Crippen LogP) is 6.32. The second-order valence-electron chi connectivity index (χ2n) is 19.6. The molecular weight excluding hydrogens is 906 g/mol. The zero-order chi connectivity index (χ0) is 53.6.